The topological polar surface area (TPSA) is 61.8 Å². The lowest BCUT2D eigenvalue weighted by Gasteiger charge is -2.29. The number of cyclic esters (lactones) is 2. The molecule has 0 saturated carbocycles. The second kappa shape index (κ2) is 5.24. The van der Waals surface area contributed by atoms with E-state index < -0.39 is 17.7 Å². The van der Waals surface area contributed by atoms with Gasteiger partial charge in [-0.2, -0.15) is 0 Å². The van der Waals surface area contributed by atoms with Crippen LogP contribution in [0.1, 0.15) is 30.5 Å². The number of ether oxygens (including phenoxy) is 3. The average molecular weight is 290 g/mol. The molecule has 0 atom stereocenters. The van der Waals surface area contributed by atoms with Crippen molar-refractivity contribution in [3.05, 3.63) is 34.4 Å². The average Bonchev–Trinajstić information content (AvgIpc) is 2.32. The predicted octanol–water partition coefficient (Wildman–Crippen LogP) is 2.53. The van der Waals surface area contributed by atoms with Gasteiger partial charge in [-0.15, -0.1) is 0 Å². The lowest BCUT2D eigenvalue weighted by Crippen LogP contribution is -2.41. The number of methoxy groups -OCH3 is 1. The fourth-order valence-electron chi connectivity index (χ4n) is 2.31. The Bertz CT molecular complexity index is 618. The Balaban J connectivity index is 2.49. The van der Waals surface area contributed by atoms with E-state index in [0.29, 0.717) is 11.3 Å². The van der Waals surface area contributed by atoms with E-state index in [1.165, 1.54) is 19.9 Å². The van der Waals surface area contributed by atoms with Crippen LogP contribution in [0, 0.1) is 13.8 Å². The zero-order valence-electron chi connectivity index (χ0n) is 12.8. The maximum atomic E-state index is 12.0. The molecule has 0 radical (unpaired) electrons. The van der Waals surface area contributed by atoms with Crippen LogP contribution in [-0.2, 0) is 19.1 Å². The molecule has 1 heterocycles. The Morgan fingerprint density at radius 2 is 1.67 bits per heavy atom. The minimum atomic E-state index is -1.24. The number of hydrogen-bond acceptors (Lipinski definition) is 5. The second-order valence-corrected chi connectivity index (χ2v) is 5.44. The van der Waals surface area contributed by atoms with Crippen molar-refractivity contribution in [2.45, 2.75) is 33.5 Å². The normalized spacial score (nSPS) is 17.1. The number of aryl methyl sites for hydroxylation is 2. The summed E-state index contributed by atoms with van der Waals surface area (Å²) in [6.07, 6.45) is 1.44. The van der Waals surface area contributed by atoms with Gasteiger partial charge in [-0.25, -0.2) is 9.59 Å². The molecule has 2 rings (SSSR count). The van der Waals surface area contributed by atoms with Gasteiger partial charge in [0.15, 0.2) is 0 Å². The van der Waals surface area contributed by atoms with E-state index in [1.54, 1.807) is 7.11 Å². The van der Waals surface area contributed by atoms with Gasteiger partial charge >= 0.3 is 11.9 Å². The molecule has 0 unspecified atom stereocenters. The van der Waals surface area contributed by atoms with Crippen molar-refractivity contribution < 1.29 is 23.8 Å². The monoisotopic (exact) mass is 290 g/mol. The molecule has 1 saturated heterocycles. The lowest BCUT2D eigenvalue weighted by molar-refractivity contribution is -0.222. The van der Waals surface area contributed by atoms with Crippen LogP contribution in [0.25, 0.3) is 6.08 Å². The summed E-state index contributed by atoms with van der Waals surface area (Å²) in [5.41, 5.74) is 2.41. The molecule has 5 nitrogen and oxygen atoms in total. The number of rotatable bonds is 2. The van der Waals surface area contributed by atoms with Gasteiger partial charge < -0.3 is 14.2 Å². The molecule has 0 aromatic heterocycles. The van der Waals surface area contributed by atoms with E-state index in [9.17, 15) is 9.59 Å². The zero-order valence-corrected chi connectivity index (χ0v) is 12.8. The highest BCUT2D eigenvalue weighted by atomic mass is 16.7. The molecular formula is C16H18O5. The molecule has 1 fully saturated rings. The summed E-state index contributed by atoms with van der Waals surface area (Å²) in [6.45, 7) is 6.84. The molecule has 1 aliphatic heterocycles. The van der Waals surface area contributed by atoms with Crippen LogP contribution in [0.15, 0.2) is 17.7 Å². The van der Waals surface area contributed by atoms with Crippen molar-refractivity contribution >= 4 is 18.0 Å². The van der Waals surface area contributed by atoms with Crippen molar-refractivity contribution in [1.29, 1.82) is 0 Å². The summed E-state index contributed by atoms with van der Waals surface area (Å²) >= 11 is 0. The molecule has 0 N–H and O–H groups in total. The van der Waals surface area contributed by atoms with Crippen LogP contribution >= 0.6 is 0 Å². The van der Waals surface area contributed by atoms with Crippen LogP contribution < -0.4 is 4.74 Å². The molecule has 112 valence electrons. The van der Waals surface area contributed by atoms with Gasteiger partial charge in [0.25, 0.3) is 5.79 Å². The van der Waals surface area contributed by atoms with Crippen molar-refractivity contribution in [1.82, 2.24) is 0 Å². The van der Waals surface area contributed by atoms with Crippen LogP contribution in [0.4, 0.5) is 0 Å². The van der Waals surface area contributed by atoms with E-state index in [4.69, 9.17) is 14.2 Å². The van der Waals surface area contributed by atoms with E-state index in [-0.39, 0.29) is 5.57 Å². The standard InChI is InChI=1S/C16H18O5/c1-9-6-10(2)13(19-5)11(7-9)8-12-14(17)20-16(3,4)21-15(12)18/h6-8H,1-5H3. The highest BCUT2D eigenvalue weighted by Gasteiger charge is 2.39. The van der Waals surface area contributed by atoms with Gasteiger partial charge in [0.1, 0.15) is 11.3 Å². The number of hydrogen-bond donors (Lipinski definition) is 0. The van der Waals surface area contributed by atoms with Crippen molar-refractivity contribution in [3.8, 4) is 5.75 Å². The quantitative estimate of drug-likeness (QED) is 0.476. The highest BCUT2D eigenvalue weighted by Crippen LogP contribution is 2.30. The van der Waals surface area contributed by atoms with Gasteiger partial charge in [-0.3, -0.25) is 0 Å². The predicted molar refractivity (Wildman–Crippen MR) is 76.7 cm³/mol. The van der Waals surface area contributed by atoms with Gasteiger partial charge in [0.05, 0.1) is 7.11 Å². The van der Waals surface area contributed by atoms with Crippen LogP contribution in [0.5, 0.6) is 5.75 Å². The molecule has 1 aromatic carbocycles. The van der Waals surface area contributed by atoms with Gasteiger partial charge in [-0.1, -0.05) is 11.6 Å². The third kappa shape index (κ3) is 3.07. The molecular weight excluding hydrogens is 272 g/mol. The first-order valence-corrected chi connectivity index (χ1v) is 6.57. The maximum Gasteiger partial charge on any atom is 0.348 e. The Morgan fingerprint density at radius 3 is 2.19 bits per heavy atom. The van der Waals surface area contributed by atoms with Crippen molar-refractivity contribution in [2.75, 3.05) is 7.11 Å². The van der Waals surface area contributed by atoms with Gasteiger partial charge in [-0.05, 0) is 31.6 Å². The second-order valence-electron chi connectivity index (χ2n) is 5.44. The molecule has 1 aromatic rings. The molecule has 5 heteroatoms. The highest BCUT2D eigenvalue weighted by molar-refractivity contribution is 6.19. The summed E-state index contributed by atoms with van der Waals surface area (Å²) < 4.78 is 15.5. The Hall–Kier alpha value is -2.30. The summed E-state index contributed by atoms with van der Waals surface area (Å²) in [4.78, 5) is 23.9. The van der Waals surface area contributed by atoms with Crippen LogP contribution in [0.3, 0.4) is 0 Å². The third-order valence-electron chi connectivity index (χ3n) is 3.07. The summed E-state index contributed by atoms with van der Waals surface area (Å²) in [7, 11) is 1.54. The first-order chi connectivity index (χ1) is 9.73. The SMILES string of the molecule is COc1c(C)cc(C)cc1C=C1C(=O)OC(C)(C)OC1=O. The van der Waals surface area contributed by atoms with E-state index in [1.807, 2.05) is 26.0 Å². The minimum Gasteiger partial charge on any atom is -0.496 e. The van der Waals surface area contributed by atoms with E-state index in [2.05, 4.69) is 0 Å². The fourth-order valence-corrected chi connectivity index (χ4v) is 2.31. The van der Waals surface area contributed by atoms with E-state index in [0.717, 1.165) is 11.1 Å². The summed E-state index contributed by atoms with van der Waals surface area (Å²) in [5, 5.41) is 0. The molecule has 21 heavy (non-hydrogen) atoms. The first-order valence-electron chi connectivity index (χ1n) is 6.57. The summed E-state index contributed by atoms with van der Waals surface area (Å²) in [5.74, 6) is -2.02. The number of carbonyl (C=O) groups excluding carboxylic acids is 2. The smallest absolute Gasteiger partial charge is 0.348 e. The first kappa shape index (κ1) is 15.1. The Labute approximate surface area is 123 Å². The fraction of sp³-hybridized carbons (Fsp3) is 0.375. The lowest BCUT2D eigenvalue weighted by atomic mass is 10.0. The van der Waals surface area contributed by atoms with Crippen LogP contribution in [0.2, 0.25) is 0 Å². The van der Waals surface area contributed by atoms with Gasteiger partial charge in [0.2, 0.25) is 0 Å². The molecule has 0 spiro atoms. The number of benzene rings is 1. The molecule has 0 amide bonds. The number of carbonyl (C=O) groups is 2. The van der Waals surface area contributed by atoms with Crippen LogP contribution in [-0.4, -0.2) is 24.8 Å². The largest absolute Gasteiger partial charge is 0.496 e. The minimum absolute atomic E-state index is 0.141. The van der Waals surface area contributed by atoms with E-state index >= 15 is 0 Å². The Morgan fingerprint density at radius 1 is 1.10 bits per heavy atom. The van der Waals surface area contributed by atoms with Crippen molar-refractivity contribution in [2.24, 2.45) is 0 Å². The Kier molecular flexibility index (Phi) is 3.77. The van der Waals surface area contributed by atoms with Crippen molar-refractivity contribution in [3.63, 3.8) is 0 Å². The zero-order chi connectivity index (χ0) is 15.8. The third-order valence-corrected chi connectivity index (χ3v) is 3.07. The van der Waals surface area contributed by atoms with Gasteiger partial charge in [0, 0.05) is 19.4 Å². The molecule has 0 bridgehead atoms. The number of esters is 2. The molecule has 1 aliphatic rings. The molecule has 0 aliphatic carbocycles. The maximum absolute atomic E-state index is 12.0. The summed E-state index contributed by atoms with van der Waals surface area (Å²) in [6, 6.07) is 3.79.